The van der Waals surface area contributed by atoms with Crippen molar-refractivity contribution < 1.29 is 29.4 Å². The first-order chi connectivity index (χ1) is 17.6. The number of aromatic nitrogens is 2. The van der Waals surface area contributed by atoms with Crippen LogP contribution in [0.4, 0.5) is 0 Å². The van der Waals surface area contributed by atoms with Crippen LogP contribution >= 0.6 is 0 Å². The van der Waals surface area contributed by atoms with E-state index in [9.17, 15) is 24.3 Å². The number of aromatic amines is 1. The van der Waals surface area contributed by atoms with Crippen molar-refractivity contribution in [2.24, 2.45) is 27.9 Å². The number of nitrogens with zero attached hydrogens (tertiary/aromatic N) is 2. The highest BCUT2D eigenvalue weighted by Gasteiger charge is 2.30. The molecule has 37 heavy (non-hydrogen) atoms. The Morgan fingerprint density at radius 2 is 1.57 bits per heavy atom. The van der Waals surface area contributed by atoms with Gasteiger partial charge in [0.2, 0.25) is 17.7 Å². The molecule has 0 aliphatic carbocycles. The molecule has 1 aromatic heterocycles. The molecule has 14 N–H and O–H groups in total. The van der Waals surface area contributed by atoms with Gasteiger partial charge in [0, 0.05) is 24.9 Å². The minimum absolute atomic E-state index is 0.0629. The Morgan fingerprint density at radius 3 is 2.08 bits per heavy atom. The van der Waals surface area contributed by atoms with Crippen molar-refractivity contribution in [2.45, 2.75) is 62.7 Å². The Balaban J connectivity index is 3.02. The fraction of sp³-hybridized carbons (Fsp3) is 0.619. The van der Waals surface area contributed by atoms with Gasteiger partial charge in [-0.15, -0.1) is 0 Å². The van der Waals surface area contributed by atoms with E-state index in [1.54, 1.807) is 0 Å². The molecule has 0 saturated heterocycles. The number of aliphatic imine (C=N–C) groups is 1. The minimum atomic E-state index is -1.30. The van der Waals surface area contributed by atoms with Crippen LogP contribution < -0.4 is 38.9 Å². The van der Waals surface area contributed by atoms with Gasteiger partial charge in [-0.05, 0) is 38.6 Å². The third kappa shape index (κ3) is 12.2. The number of hydrogen-bond donors (Lipinski definition) is 10. The van der Waals surface area contributed by atoms with Gasteiger partial charge < -0.3 is 54.1 Å². The first-order valence-corrected chi connectivity index (χ1v) is 11.8. The van der Waals surface area contributed by atoms with Crippen molar-refractivity contribution in [3.63, 3.8) is 0 Å². The Morgan fingerprint density at radius 1 is 0.973 bits per heavy atom. The van der Waals surface area contributed by atoms with E-state index in [4.69, 9.17) is 28.0 Å². The summed E-state index contributed by atoms with van der Waals surface area (Å²) in [6.45, 7) is -0.0760. The van der Waals surface area contributed by atoms with Crippen LogP contribution in [0, 0.1) is 0 Å². The van der Waals surface area contributed by atoms with Gasteiger partial charge in [0.1, 0.15) is 24.2 Å². The number of nitrogens with two attached hydrogens (primary N) is 4. The zero-order valence-electron chi connectivity index (χ0n) is 20.6. The number of carbonyl (C=O) groups excluding carboxylic acids is 3. The van der Waals surface area contributed by atoms with Crippen molar-refractivity contribution >= 4 is 29.7 Å². The van der Waals surface area contributed by atoms with Crippen LogP contribution in [-0.2, 0) is 25.6 Å². The molecule has 3 amide bonds. The molecule has 1 rings (SSSR count). The standard InChI is InChI=1S/C21H38N10O6/c22-6-2-1-4-14(29-17(33)13(23)10-32)18(34)30-15(5-3-7-27-21(24)25)19(35)31-16(20(36)37)8-12-9-26-11-28-12/h9,11,13-16,32H,1-8,10,22-23H2,(H,26,28)(H,29,33)(H,30,34)(H,31,35)(H,36,37)(H4,24,25,27). The minimum Gasteiger partial charge on any atom is -0.480 e. The number of rotatable bonds is 18. The molecule has 0 aliphatic rings. The van der Waals surface area contributed by atoms with Crippen LogP contribution in [0.25, 0.3) is 0 Å². The molecule has 0 saturated carbocycles. The zero-order valence-corrected chi connectivity index (χ0v) is 20.6. The number of amides is 3. The molecule has 1 aromatic rings. The number of carboxylic acids is 1. The largest absolute Gasteiger partial charge is 0.480 e. The topological polar surface area (TPSA) is 290 Å². The van der Waals surface area contributed by atoms with E-state index in [0.717, 1.165) is 0 Å². The van der Waals surface area contributed by atoms with Crippen LogP contribution in [-0.4, -0.2) is 93.7 Å². The molecule has 0 aromatic carbocycles. The highest BCUT2D eigenvalue weighted by atomic mass is 16.4. The van der Waals surface area contributed by atoms with Gasteiger partial charge in [0.15, 0.2) is 5.96 Å². The van der Waals surface area contributed by atoms with Gasteiger partial charge in [-0.25, -0.2) is 9.78 Å². The second-order valence-corrected chi connectivity index (χ2v) is 8.33. The highest BCUT2D eigenvalue weighted by Crippen LogP contribution is 2.06. The smallest absolute Gasteiger partial charge is 0.326 e. The summed E-state index contributed by atoms with van der Waals surface area (Å²) in [6.07, 6.45) is 4.39. The first-order valence-electron chi connectivity index (χ1n) is 11.8. The fourth-order valence-corrected chi connectivity index (χ4v) is 3.26. The van der Waals surface area contributed by atoms with Gasteiger partial charge in [-0.3, -0.25) is 19.4 Å². The summed E-state index contributed by atoms with van der Waals surface area (Å²) in [5.41, 5.74) is 22.2. The van der Waals surface area contributed by atoms with E-state index in [0.29, 0.717) is 25.1 Å². The summed E-state index contributed by atoms with van der Waals surface area (Å²) in [7, 11) is 0. The number of nitrogens with one attached hydrogen (secondary N) is 4. The van der Waals surface area contributed by atoms with Crippen LogP contribution in [0.3, 0.4) is 0 Å². The number of guanidine groups is 1. The normalized spacial score (nSPS) is 14.0. The van der Waals surface area contributed by atoms with Crippen LogP contribution in [0.1, 0.15) is 37.8 Å². The molecule has 0 aliphatic heterocycles. The van der Waals surface area contributed by atoms with Gasteiger partial charge in [-0.2, -0.15) is 0 Å². The summed E-state index contributed by atoms with van der Waals surface area (Å²) >= 11 is 0. The molecular formula is C21H38N10O6. The van der Waals surface area contributed by atoms with E-state index < -0.39 is 54.5 Å². The Labute approximate surface area is 214 Å². The zero-order chi connectivity index (χ0) is 27.8. The second kappa shape index (κ2) is 16.8. The number of carboxylic acid groups (broad SMARTS) is 1. The molecule has 0 radical (unpaired) electrons. The van der Waals surface area contributed by atoms with Crippen molar-refractivity contribution in [1.29, 1.82) is 0 Å². The molecule has 208 valence electrons. The number of aliphatic hydroxyl groups excluding tert-OH is 1. The molecule has 4 unspecified atom stereocenters. The number of unbranched alkanes of at least 4 members (excludes halogenated alkanes) is 1. The van der Waals surface area contributed by atoms with Gasteiger partial charge in [0.05, 0.1) is 12.9 Å². The highest BCUT2D eigenvalue weighted by molar-refractivity contribution is 5.94. The molecule has 0 bridgehead atoms. The number of aliphatic hydroxyl groups is 1. The van der Waals surface area contributed by atoms with Crippen molar-refractivity contribution in [2.75, 3.05) is 19.7 Å². The maximum atomic E-state index is 13.1. The summed E-state index contributed by atoms with van der Waals surface area (Å²) in [5, 5.41) is 26.2. The monoisotopic (exact) mass is 526 g/mol. The quantitative estimate of drug-likeness (QED) is 0.0499. The summed E-state index contributed by atoms with van der Waals surface area (Å²) in [4.78, 5) is 60.5. The Kier molecular flexibility index (Phi) is 14.2. The Hall–Kier alpha value is -3.76. The van der Waals surface area contributed by atoms with Crippen molar-refractivity contribution in [1.82, 2.24) is 25.9 Å². The predicted molar refractivity (Wildman–Crippen MR) is 134 cm³/mol. The molecule has 0 fully saturated rings. The number of imidazole rings is 1. The Bertz CT molecular complexity index is 890. The number of H-pyrrole nitrogens is 1. The summed E-state index contributed by atoms with van der Waals surface area (Å²) in [6, 6.07) is -4.76. The molecule has 4 atom stereocenters. The van der Waals surface area contributed by atoms with E-state index >= 15 is 0 Å². The van der Waals surface area contributed by atoms with Crippen LogP contribution in [0.15, 0.2) is 17.5 Å². The van der Waals surface area contributed by atoms with Crippen molar-refractivity contribution in [3.05, 3.63) is 18.2 Å². The van der Waals surface area contributed by atoms with Crippen molar-refractivity contribution in [3.8, 4) is 0 Å². The molecule has 0 spiro atoms. The molecule has 16 nitrogen and oxygen atoms in total. The molecule has 16 heteroatoms. The lowest BCUT2D eigenvalue weighted by Gasteiger charge is -2.25. The lowest BCUT2D eigenvalue weighted by Crippen LogP contribution is -2.57. The third-order valence-corrected chi connectivity index (χ3v) is 5.29. The third-order valence-electron chi connectivity index (χ3n) is 5.29. The first kappa shape index (κ1) is 31.3. The number of hydrogen-bond acceptors (Lipinski definition) is 9. The summed E-state index contributed by atoms with van der Waals surface area (Å²) in [5.74, 6) is -3.59. The average Bonchev–Trinajstić information content (AvgIpc) is 3.37. The SMILES string of the molecule is NCCCCC(NC(=O)C(N)CO)C(=O)NC(CCCN=C(N)N)C(=O)NC(Cc1cnc[nH]1)C(=O)O. The van der Waals surface area contributed by atoms with Gasteiger partial charge >= 0.3 is 5.97 Å². The van der Waals surface area contributed by atoms with E-state index in [-0.39, 0.29) is 38.2 Å². The van der Waals surface area contributed by atoms with Crippen LogP contribution in [0.5, 0.6) is 0 Å². The van der Waals surface area contributed by atoms with Gasteiger partial charge in [0.25, 0.3) is 0 Å². The molecular weight excluding hydrogens is 488 g/mol. The molecule has 1 heterocycles. The number of carbonyl (C=O) groups is 4. The van der Waals surface area contributed by atoms with E-state index in [1.807, 2.05) is 0 Å². The van der Waals surface area contributed by atoms with Gasteiger partial charge in [-0.1, -0.05) is 0 Å². The summed E-state index contributed by atoms with van der Waals surface area (Å²) < 4.78 is 0. The van der Waals surface area contributed by atoms with Crippen LogP contribution in [0.2, 0.25) is 0 Å². The predicted octanol–water partition coefficient (Wildman–Crippen LogP) is -4.01. The maximum absolute atomic E-state index is 13.1. The maximum Gasteiger partial charge on any atom is 0.326 e. The average molecular weight is 527 g/mol. The number of aliphatic carboxylic acids is 1. The fourth-order valence-electron chi connectivity index (χ4n) is 3.26. The lowest BCUT2D eigenvalue weighted by molar-refractivity contribution is -0.142. The lowest BCUT2D eigenvalue weighted by atomic mass is 10.0. The van der Waals surface area contributed by atoms with E-state index in [2.05, 4.69) is 30.9 Å². The van der Waals surface area contributed by atoms with E-state index in [1.165, 1.54) is 12.5 Å². The second-order valence-electron chi connectivity index (χ2n) is 8.33.